The van der Waals surface area contributed by atoms with Gasteiger partial charge in [0, 0.05) is 34.9 Å². The summed E-state index contributed by atoms with van der Waals surface area (Å²) in [6.45, 7) is 0.439. The second-order valence-corrected chi connectivity index (χ2v) is 13.8. The number of hydrogen-bond acceptors (Lipinski definition) is 3. The summed E-state index contributed by atoms with van der Waals surface area (Å²) in [4.78, 5) is 20.7. The maximum atomic E-state index is 5.25. The number of aromatic nitrogens is 2. The second-order valence-electron chi connectivity index (χ2n) is 13.8. The number of aliphatic imine (C=N–C) groups is 2. The molecule has 0 aliphatic heterocycles. The van der Waals surface area contributed by atoms with Crippen molar-refractivity contribution in [3.05, 3.63) is 217 Å². The summed E-state index contributed by atoms with van der Waals surface area (Å²) in [7, 11) is 1.90. The Morgan fingerprint density at radius 3 is 1.77 bits per heavy atom. The van der Waals surface area contributed by atoms with Gasteiger partial charge in [-0.25, -0.2) is 15.0 Å². The maximum Gasteiger partial charge on any atom is 0.160 e. The number of nitrogens with zero attached hydrogens (tertiary/aromatic N) is 4. The molecule has 0 bridgehead atoms. The first kappa shape index (κ1) is 35.2. The molecule has 0 saturated heterocycles. The molecule has 0 radical (unpaired) electrons. The Hall–Kier alpha value is -7.50. The van der Waals surface area contributed by atoms with E-state index in [1.54, 1.807) is 0 Å². The van der Waals surface area contributed by atoms with E-state index in [1.165, 1.54) is 10.8 Å². The molecule has 0 atom stereocenters. The van der Waals surface area contributed by atoms with E-state index >= 15 is 0 Å². The standard InChI is InChI=1S/C52H39N5/c1-53-50(40-20-7-3-8-21-40)57-51(41-22-9-4-10-23-41)54-35-47-44-26-14-12-17-37(44)32-33-45(47)38-28-30-42(31-29-38)52-55-48(39-18-5-2-6-19-39)34-49(56-52)46-27-15-24-36-16-11-13-25-43(36)46/h2-34H,35H2,1H3,(H,53,54,57). The molecule has 1 heterocycles. The highest BCUT2D eigenvalue weighted by Crippen LogP contribution is 2.35. The molecule has 0 spiro atoms. The Morgan fingerprint density at radius 2 is 1.05 bits per heavy atom. The van der Waals surface area contributed by atoms with Crippen molar-refractivity contribution in [1.29, 1.82) is 0 Å². The third-order valence-electron chi connectivity index (χ3n) is 10.3. The van der Waals surface area contributed by atoms with Gasteiger partial charge in [0.05, 0.1) is 17.9 Å². The molecule has 0 aliphatic carbocycles. The summed E-state index contributed by atoms with van der Waals surface area (Å²) in [5.41, 5.74) is 10.1. The molecule has 0 aliphatic rings. The fourth-order valence-electron chi connectivity index (χ4n) is 7.39. The Labute approximate surface area is 332 Å². The first-order valence-corrected chi connectivity index (χ1v) is 19.2. The van der Waals surface area contributed by atoms with Crippen LogP contribution in [0.3, 0.4) is 0 Å². The summed E-state index contributed by atoms with van der Waals surface area (Å²) < 4.78 is 0. The number of hydrogen-bond donors (Lipinski definition) is 1. The van der Waals surface area contributed by atoms with Crippen LogP contribution in [0.4, 0.5) is 0 Å². The fourth-order valence-corrected chi connectivity index (χ4v) is 7.39. The number of fused-ring (bicyclic) bond motifs is 2. The zero-order chi connectivity index (χ0) is 38.4. The van der Waals surface area contributed by atoms with Crippen molar-refractivity contribution in [1.82, 2.24) is 15.3 Å². The lowest BCUT2D eigenvalue weighted by atomic mass is 9.93. The molecular weight excluding hydrogens is 695 g/mol. The van der Waals surface area contributed by atoms with Crippen LogP contribution in [0.25, 0.3) is 66.6 Å². The van der Waals surface area contributed by atoms with Gasteiger partial charge in [-0.1, -0.05) is 194 Å². The molecule has 1 N–H and O–H groups in total. The number of nitrogens with one attached hydrogen (secondary N) is 1. The molecule has 5 nitrogen and oxygen atoms in total. The third-order valence-corrected chi connectivity index (χ3v) is 10.3. The zero-order valence-corrected chi connectivity index (χ0v) is 31.5. The van der Waals surface area contributed by atoms with E-state index in [9.17, 15) is 0 Å². The van der Waals surface area contributed by atoms with Gasteiger partial charge >= 0.3 is 0 Å². The van der Waals surface area contributed by atoms with Gasteiger partial charge in [-0.15, -0.1) is 0 Å². The third kappa shape index (κ3) is 7.47. The molecule has 0 unspecified atom stereocenters. The Morgan fingerprint density at radius 1 is 0.474 bits per heavy atom. The van der Waals surface area contributed by atoms with Crippen molar-refractivity contribution in [3.8, 4) is 45.0 Å². The summed E-state index contributed by atoms with van der Waals surface area (Å²) in [6, 6.07) is 69.1. The molecule has 8 aromatic carbocycles. The smallest absolute Gasteiger partial charge is 0.160 e. The first-order chi connectivity index (χ1) is 28.2. The lowest BCUT2D eigenvalue weighted by molar-refractivity contribution is 1.07. The van der Waals surface area contributed by atoms with Crippen molar-refractivity contribution in [3.63, 3.8) is 0 Å². The van der Waals surface area contributed by atoms with Crippen LogP contribution in [0.15, 0.2) is 210 Å². The van der Waals surface area contributed by atoms with E-state index in [4.69, 9.17) is 20.0 Å². The Bertz CT molecular complexity index is 2880. The van der Waals surface area contributed by atoms with E-state index in [1.807, 2.05) is 61.6 Å². The average molecular weight is 734 g/mol. The molecule has 9 aromatic rings. The number of amidine groups is 2. The van der Waals surface area contributed by atoms with Crippen LogP contribution < -0.4 is 5.32 Å². The molecule has 0 fully saturated rings. The minimum Gasteiger partial charge on any atom is -0.373 e. The van der Waals surface area contributed by atoms with Crippen molar-refractivity contribution < 1.29 is 0 Å². The van der Waals surface area contributed by atoms with Gasteiger partial charge in [-0.3, -0.25) is 4.99 Å². The first-order valence-electron chi connectivity index (χ1n) is 19.2. The number of benzene rings is 8. The van der Waals surface area contributed by atoms with Crippen LogP contribution in [0.2, 0.25) is 0 Å². The van der Waals surface area contributed by atoms with E-state index in [2.05, 4.69) is 151 Å². The van der Waals surface area contributed by atoms with Crippen LogP contribution in [0.1, 0.15) is 16.7 Å². The fraction of sp³-hybridized carbons (Fsp3) is 0.0385. The lowest BCUT2D eigenvalue weighted by Gasteiger charge is -2.14. The normalized spacial score (nSPS) is 11.9. The molecule has 57 heavy (non-hydrogen) atoms. The van der Waals surface area contributed by atoms with Crippen molar-refractivity contribution >= 4 is 33.2 Å². The van der Waals surface area contributed by atoms with Gasteiger partial charge in [0.2, 0.25) is 0 Å². The highest BCUT2D eigenvalue weighted by atomic mass is 15.0. The van der Waals surface area contributed by atoms with Crippen molar-refractivity contribution in [2.45, 2.75) is 6.54 Å². The highest BCUT2D eigenvalue weighted by molar-refractivity contribution is 6.11. The summed E-state index contributed by atoms with van der Waals surface area (Å²) in [6.07, 6.45) is 0. The van der Waals surface area contributed by atoms with Gasteiger partial charge in [-0.2, -0.15) is 0 Å². The molecule has 272 valence electrons. The van der Waals surface area contributed by atoms with Crippen LogP contribution in [-0.4, -0.2) is 28.7 Å². The van der Waals surface area contributed by atoms with Crippen molar-refractivity contribution in [2.24, 2.45) is 9.98 Å². The van der Waals surface area contributed by atoms with E-state index in [-0.39, 0.29) is 0 Å². The molecule has 1 aromatic heterocycles. The lowest BCUT2D eigenvalue weighted by Crippen LogP contribution is -2.21. The summed E-state index contributed by atoms with van der Waals surface area (Å²) in [5, 5.41) is 7.96. The van der Waals surface area contributed by atoms with E-state index in [0.29, 0.717) is 18.2 Å². The predicted molar refractivity (Wildman–Crippen MR) is 238 cm³/mol. The Balaban J connectivity index is 1.13. The van der Waals surface area contributed by atoms with Gasteiger partial charge in [-0.05, 0) is 44.3 Å². The molecular formula is C52H39N5. The van der Waals surface area contributed by atoms with E-state index < -0.39 is 0 Å². The minimum absolute atomic E-state index is 0.439. The van der Waals surface area contributed by atoms with Crippen LogP contribution in [0.5, 0.6) is 0 Å². The quantitative estimate of drug-likeness (QED) is 0.125. The topological polar surface area (TPSA) is 62.5 Å². The monoisotopic (exact) mass is 733 g/mol. The molecule has 9 rings (SSSR count). The number of rotatable bonds is 8. The maximum absolute atomic E-state index is 5.25. The predicted octanol–water partition coefficient (Wildman–Crippen LogP) is 12.1. The Kier molecular flexibility index (Phi) is 9.93. The molecule has 0 saturated carbocycles. The van der Waals surface area contributed by atoms with Crippen LogP contribution in [-0.2, 0) is 6.54 Å². The largest absolute Gasteiger partial charge is 0.373 e. The van der Waals surface area contributed by atoms with Crippen LogP contribution in [0, 0.1) is 0 Å². The molecule has 5 heteroatoms. The average Bonchev–Trinajstić information content (AvgIpc) is 3.29. The van der Waals surface area contributed by atoms with Gasteiger partial charge in [0.25, 0.3) is 0 Å². The summed E-state index contributed by atoms with van der Waals surface area (Å²) >= 11 is 0. The van der Waals surface area contributed by atoms with E-state index in [0.717, 1.165) is 72.5 Å². The second kappa shape index (κ2) is 16.1. The highest BCUT2D eigenvalue weighted by Gasteiger charge is 2.15. The SMILES string of the molecule is CNC(=NC(=NCc1c(-c2ccc(-c3nc(-c4ccccc4)cc(-c4cccc5ccccc45)n3)cc2)ccc2ccccc12)c1ccccc1)c1ccccc1. The van der Waals surface area contributed by atoms with Crippen molar-refractivity contribution in [2.75, 3.05) is 7.05 Å². The summed E-state index contributed by atoms with van der Waals surface area (Å²) in [5.74, 6) is 2.10. The van der Waals surface area contributed by atoms with Gasteiger partial charge < -0.3 is 5.32 Å². The van der Waals surface area contributed by atoms with Gasteiger partial charge in [0.1, 0.15) is 5.84 Å². The zero-order valence-electron chi connectivity index (χ0n) is 31.5. The minimum atomic E-state index is 0.439. The van der Waals surface area contributed by atoms with Crippen LogP contribution >= 0.6 is 0 Å². The van der Waals surface area contributed by atoms with Gasteiger partial charge in [0.15, 0.2) is 11.7 Å². The molecule has 0 amide bonds.